The zero-order valence-corrected chi connectivity index (χ0v) is 12.3. The van der Waals surface area contributed by atoms with Crippen LogP contribution < -0.4 is 4.74 Å². The Labute approximate surface area is 123 Å². The number of carbonyl (C=O) groups is 1. The first-order valence-electron chi connectivity index (χ1n) is 7.03. The molecule has 0 amide bonds. The van der Waals surface area contributed by atoms with Crippen molar-refractivity contribution in [3.05, 3.63) is 33.9 Å². The summed E-state index contributed by atoms with van der Waals surface area (Å²) in [6.07, 6.45) is 3.19. The molecular weight excluding hydrogens is 274 g/mol. The van der Waals surface area contributed by atoms with Gasteiger partial charge < -0.3 is 9.47 Å². The van der Waals surface area contributed by atoms with E-state index in [2.05, 4.69) is 4.74 Å². The number of ether oxygens (including phenoxy) is 2. The Balaban J connectivity index is 2.25. The zero-order valence-electron chi connectivity index (χ0n) is 12.3. The number of nitrogens with zero attached hydrogens (tertiary/aromatic N) is 1. The van der Waals surface area contributed by atoms with Gasteiger partial charge in [-0.25, -0.2) is 0 Å². The lowest BCUT2D eigenvalue weighted by Crippen LogP contribution is -2.45. The minimum absolute atomic E-state index is 0.0505. The molecule has 0 saturated heterocycles. The van der Waals surface area contributed by atoms with Gasteiger partial charge in [-0.1, -0.05) is 13.0 Å². The predicted octanol–water partition coefficient (Wildman–Crippen LogP) is 3.02. The Kier molecular flexibility index (Phi) is 4.45. The van der Waals surface area contributed by atoms with Crippen LogP contribution in [0.15, 0.2) is 18.2 Å². The fraction of sp³-hybridized carbons (Fsp3) is 0.533. The van der Waals surface area contributed by atoms with E-state index in [0.29, 0.717) is 19.3 Å². The molecule has 0 radical (unpaired) electrons. The number of nitro benzene ring substituents is 1. The SMILES string of the molecule is CCc1ccc(OC2(CC(=O)OC)CCC2)c([N+](=O)[O-])c1. The molecule has 0 unspecified atom stereocenters. The Morgan fingerprint density at radius 1 is 1.43 bits per heavy atom. The fourth-order valence-electron chi connectivity index (χ4n) is 2.47. The summed E-state index contributed by atoms with van der Waals surface area (Å²) < 4.78 is 10.5. The van der Waals surface area contributed by atoms with Crippen molar-refractivity contribution in [1.29, 1.82) is 0 Å². The van der Waals surface area contributed by atoms with Gasteiger partial charge in [0, 0.05) is 6.07 Å². The summed E-state index contributed by atoms with van der Waals surface area (Å²) in [6.45, 7) is 1.93. The average molecular weight is 293 g/mol. The molecule has 6 nitrogen and oxygen atoms in total. The largest absolute Gasteiger partial charge is 0.480 e. The van der Waals surface area contributed by atoms with Gasteiger partial charge in [0.25, 0.3) is 0 Å². The smallest absolute Gasteiger partial charge is 0.311 e. The van der Waals surface area contributed by atoms with Crippen molar-refractivity contribution in [3.8, 4) is 5.75 Å². The van der Waals surface area contributed by atoms with Gasteiger partial charge in [0.2, 0.25) is 0 Å². The molecule has 1 aliphatic rings. The summed E-state index contributed by atoms with van der Waals surface area (Å²) in [7, 11) is 1.33. The molecule has 0 atom stereocenters. The summed E-state index contributed by atoms with van der Waals surface area (Å²) in [4.78, 5) is 22.2. The van der Waals surface area contributed by atoms with Crippen molar-refractivity contribution >= 4 is 11.7 Å². The van der Waals surface area contributed by atoms with E-state index in [9.17, 15) is 14.9 Å². The molecule has 1 aromatic rings. The number of aryl methyl sites for hydroxylation is 1. The van der Waals surface area contributed by atoms with Crippen molar-refractivity contribution < 1.29 is 19.2 Å². The Morgan fingerprint density at radius 3 is 2.62 bits per heavy atom. The monoisotopic (exact) mass is 293 g/mol. The second kappa shape index (κ2) is 6.11. The van der Waals surface area contributed by atoms with Crippen LogP contribution in [-0.4, -0.2) is 23.6 Å². The number of hydrogen-bond acceptors (Lipinski definition) is 5. The molecule has 0 aromatic heterocycles. The first kappa shape index (κ1) is 15.3. The Morgan fingerprint density at radius 2 is 2.14 bits per heavy atom. The normalized spacial score (nSPS) is 15.9. The van der Waals surface area contributed by atoms with E-state index >= 15 is 0 Å². The molecule has 1 aliphatic carbocycles. The molecule has 0 N–H and O–H groups in total. The topological polar surface area (TPSA) is 78.7 Å². The van der Waals surface area contributed by atoms with E-state index in [-0.39, 0.29) is 23.8 Å². The summed E-state index contributed by atoms with van der Waals surface area (Å²) in [5.41, 5.74) is 0.168. The second-order valence-corrected chi connectivity index (χ2v) is 5.30. The Hall–Kier alpha value is -2.11. The minimum Gasteiger partial charge on any atom is -0.480 e. The van der Waals surface area contributed by atoms with Gasteiger partial charge in [0.15, 0.2) is 5.75 Å². The van der Waals surface area contributed by atoms with Gasteiger partial charge in [-0.2, -0.15) is 0 Å². The van der Waals surface area contributed by atoms with Crippen LogP contribution in [0.5, 0.6) is 5.75 Å². The maximum Gasteiger partial charge on any atom is 0.311 e. The van der Waals surface area contributed by atoms with Gasteiger partial charge in [0.05, 0.1) is 18.5 Å². The van der Waals surface area contributed by atoms with Crippen molar-refractivity contribution in [2.75, 3.05) is 7.11 Å². The van der Waals surface area contributed by atoms with Crippen LogP contribution in [0.1, 0.15) is 38.2 Å². The van der Waals surface area contributed by atoms with Crippen LogP contribution >= 0.6 is 0 Å². The highest BCUT2D eigenvalue weighted by molar-refractivity contribution is 5.71. The van der Waals surface area contributed by atoms with Crippen molar-refractivity contribution in [3.63, 3.8) is 0 Å². The van der Waals surface area contributed by atoms with Crippen molar-refractivity contribution in [1.82, 2.24) is 0 Å². The van der Waals surface area contributed by atoms with E-state index in [1.165, 1.54) is 13.2 Å². The lowest BCUT2D eigenvalue weighted by Gasteiger charge is -2.40. The summed E-state index contributed by atoms with van der Waals surface area (Å²) in [5, 5.41) is 11.2. The standard InChI is InChI=1S/C15H19NO5/c1-3-11-5-6-13(12(9-11)16(18)19)21-15(7-4-8-15)10-14(17)20-2/h5-6,9H,3-4,7-8,10H2,1-2H3. The van der Waals surface area contributed by atoms with E-state index in [4.69, 9.17) is 4.74 Å². The van der Waals surface area contributed by atoms with Crippen LogP contribution in [-0.2, 0) is 16.0 Å². The molecule has 0 bridgehead atoms. The molecule has 0 heterocycles. The van der Waals surface area contributed by atoms with E-state index in [0.717, 1.165) is 12.0 Å². The third-order valence-electron chi connectivity index (χ3n) is 3.91. The van der Waals surface area contributed by atoms with Crippen LogP contribution in [0.2, 0.25) is 0 Å². The van der Waals surface area contributed by atoms with Gasteiger partial charge in [0.1, 0.15) is 5.60 Å². The van der Waals surface area contributed by atoms with Gasteiger partial charge >= 0.3 is 11.7 Å². The predicted molar refractivity (Wildman–Crippen MR) is 76.3 cm³/mol. The van der Waals surface area contributed by atoms with E-state index < -0.39 is 10.5 Å². The zero-order chi connectivity index (χ0) is 15.5. The number of methoxy groups -OCH3 is 1. The number of carbonyl (C=O) groups excluding carboxylic acids is 1. The quantitative estimate of drug-likeness (QED) is 0.457. The molecular formula is C15H19NO5. The minimum atomic E-state index is -0.661. The number of rotatable bonds is 6. The molecule has 6 heteroatoms. The van der Waals surface area contributed by atoms with Gasteiger partial charge in [-0.3, -0.25) is 14.9 Å². The van der Waals surface area contributed by atoms with Gasteiger partial charge in [-0.05, 0) is 37.3 Å². The Bertz CT molecular complexity index is 551. The number of benzene rings is 1. The molecule has 1 fully saturated rings. The second-order valence-electron chi connectivity index (χ2n) is 5.30. The van der Waals surface area contributed by atoms with E-state index in [1.807, 2.05) is 13.0 Å². The van der Waals surface area contributed by atoms with Crippen molar-refractivity contribution in [2.45, 2.75) is 44.6 Å². The molecule has 21 heavy (non-hydrogen) atoms. The molecule has 114 valence electrons. The van der Waals surface area contributed by atoms with Crippen LogP contribution in [0.3, 0.4) is 0 Å². The number of hydrogen-bond donors (Lipinski definition) is 0. The molecule has 1 aromatic carbocycles. The molecule has 2 rings (SSSR count). The highest BCUT2D eigenvalue weighted by atomic mass is 16.6. The van der Waals surface area contributed by atoms with Crippen LogP contribution in [0, 0.1) is 10.1 Å². The first-order chi connectivity index (χ1) is 9.99. The molecule has 1 saturated carbocycles. The lowest BCUT2D eigenvalue weighted by atomic mass is 9.77. The average Bonchev–Trinajstić information content (AvgIpc) is 2.44. The molecule has 0 aliphatic heterocycles. The third-order valence-corrected chi connectivity index (χ3v) is 3.91. The summed E-state index contributed by atoms with van der Waals surface area (Å²) >= 11 is 0. The lowest BCUT2D eigenvalue weighted by molar-refractivity contribution is -0.386. The maximum atomic E-state index is 11.5. The first-order valence-corrected chi connectivity index (χ1v) is 7.03. The highest BCUT2D eigenvalue weighted by Crippen LogP contribution is 2.42. The van der Waals surface area contributed by atoms with Crippen LogP contribution in [0.25, 0.3) is 0 Å². The maximum absolute atomic E-state index is 11.5. The number of nitro groups is 1. The summed E-state index contributed by atoms with van der Waals surface area (Å²) in [6, 6.07) is 4.96. The number of esters is 1. The summed E-state index contributed by atoms with van der Waals surface area (Å²) in [5.74, 6) is -0.136. The third kappa shape index (κ3) is 3.32. The van der Waals surface area contributed by atoms with E-state index in [1.54, 1.807) is 6.07 Å². The van der Waals surface area contributed by atoms with Gasteiger partial charge in [-0.15, -0.1) is 0 Å². The van der Waals surface area contributed by atoms with Crippen LogP contribution in [0.4, 0.5) is 5.69 Å². The highest BCUT2D eigenvalue weighted by Gasteiger charge is 2.43. The fourth-order valence-corrected chi connectivity index (χ4v) is 2.47. The molecule has 0 spiro atoms. The van der Waals surface area contributed by atoms with Crippen molar-refractivity contribution in [2.24, 2.45) is 0 Å².